The van der Waals surface area contributed by atoms with Gasteiger partial charge in [0.1, 0.15) is 0 Å². The lowest BCUT2D eigenvalue weighted by molar-refractivity contribution is 0.446. The Balaban J connectivity index is 0.00000392. The van der Waals surface area contributed by atoms with E-state index >= 15 is 0 Å². The van der Waals surface area contributed by atoms with Crippen LogP contribution in [0.3, 0.4) is 0 Å². The molecular formula is C18H29IN6O2S. The minimum absolute atomic E-state index is 0. The molecule has 0 spiro atoms. The number of aromatic nitrogens is 2. The third-order valence-electron chi connectivity index (χ3n) is 3.84. The van der Waals surface area contributed by atoms with E-state index < -0.39 is 15.6 Å². The monoisotopic (exact) mass is 520 g/mol. The van der Waals surface area contributed by atoms with Gasteiger partial charge in [-0.3, -0.25) is 9.67 Å². The van der Waals surface area contributed by atoms with Crippen molar-refractivity contribution in [3.8, 4) is 0 Å². The third-order valence-corrected chi connectivity index (χ3v) is 4.76. The zero-order chi connectivity index (χ0) is 19.9. The lowest BCUT2D eigenvalue weighted by Gasteiger charge is -2.26. The van der Waals surface area contributed by atoms with Crippen LogP contribution in [0.4, 0.5) is 0 Å². The second kappa shape index (κ2) is 10.8. The standard InChI is InChI=1S/C18H28N6O2S.HI/c1-18(2,23-27(4,25)26)14-21-17(19-3)20-12-15-8-5-6-9-16(15)13-24-11-7-10-22-24;/h5-11,23H,12-14H2,1-4H3,(H2,19,20,21);1H. The van der Waals surface area contributed by atoms with Crippen LogP contribution in [0.5, 0.6) is 0 Å². The highest BCUT2D eigenvalue weighted by molar-refractivity contribution is 14.0. The predicted octanol–water partition coefficient (Wildman–Crippen LogP) is 1.54. The largest absolute Gasteiger partial charge is 0.355 e. The van der Waals surface area contributed by atoms with Crippen LogP contribution in [0, 0.1) is 0 Å². The molecule has 0 aliphatic rings. The van der Waals surface area contributed by atoms with E-state index in [1.165, 1.54) is 5.56 Å². The van der Waals surface area contributed by atoms with Gasteiger partial charge < -0.3 is 10.6 Å². The summed E-state index contributed by atoms with van der Waals surface area (Å²) in [5.74, 6) is 0.604. The molecule has 0 aliphatic heterocycles. The van der Waals surface area contributed by atoms with Crippen LogP contribution in [0.1, 0.15) is 25.0 Å². The molecule has 0 radical (unpaired) electrons. The smallest absolute Gasteiger partial charge is 0.209 e. The number of hydrogen-bond acceptors (Lipinski definition) is 4. The number of aliphatic imine (C=N–C) groups is 1. The van der Waals surface area contributed by atoms with Gasteiger partial charge in [-0.1, -0.05) is 24.3 Å². The molecule has 0 atom stereocenters. The molecule has 8 nitrogen and oxygen atoms in total. The van der Waals surface area contributed by atoms with Crippen LogP contribution in [0.2, 0.25) is 0 Å². The van der Waals surface area contributed by atoms with Gasteiger partial charge in [-0.2, -0.15) is 5.10 Å². The first-order valence-electron chi connectivity index (χ1n) is 8.66. The molecule has 2 rings (SSSR count). The lowest BCUT2D eigenvalue weighted by Crippen LogP contribution is -2.52. The van der Waals surface area contributed by atoms with Crippen molar-refractivity contribution in [3.63, 3.8) is 0 Å². The summed E-state index contributed by atoms with van der Waals surface area (Å²) >= 11 is 0. The summed E-state index contributed by atoms with van der Waals surface area (Å²) in [5, 5.41) is 10.7. The van der Waals surface area contributed by atoms with Gasteiger partial charge >= 0.3 is 0 Å². The quantitative estimate of drug-likeness (QED) is 0.279. The maximum atomic E-state index is 11.4. The van der Waals surface area contributed by atoms with Crippen LogP contribution >= 0.6 is 24.0 Å². The topological polar surface area (TPSA) is 100 Å². The number of nitrogens with one attached hydrogen (secondary N) is 3. The Morgan fingerprint density at radius 3 is 2.43 bits per heavy atom. The van der Waals surface area contributed by atoms with Crippen molar-refractivity contribution in [2.45, 2.75) is 32.5 Å². The number of hydrogen-bond donors (Lipinski definition) is 3. The summed E-state index contributed by atoms with van der Waals surface area (Å²) in [4.78, 5) is 4.21. The van der Waals surface area contributed by atoms with Gasteiger partial charge in [0.25, 0.3) is 0 Å². The minimum Gasteiger partial charge on any atom is -0.355 e. The van der Waals surface area contributed by atoms with E-state index in [0.717, 1.165) is 11.8 Å². The van der Waals surface area contributed by atoms with E-state index in [-0.39, 0.29) is 24.0 Å². The zero-order valence-electron chi connectivity index (χ0n) is 16.6. The van der Waals surface area contributed by atoms with Crippen molar-refractivity contribution in [1.82, 2.24) is 25.1 Å². The molecular weight excluding hydrogens is 491 g/mol. The molecule has 1 aromatic heterocycles. The highest BCUT2D eigenvalue weighted by Crippen LogP contribution is 2.10. The molecule has 1 heterocycles. The lowest BCUT2D eigenvalue weighted by atomic mass is 10.1. The fourth-order valence-corrected chi connectivity index (χ4v) is 3.77. The van der Waals surface area contributed by atoms with Crippen LogP contribution in [0.25, 0.3) is 0 Å². The summed E-state index contributed by atoms with van der Waals surface area (Å²) in [7, 11) is -1.60. The van der Waals surface area contributed by atoms with E-state index in [1.807, 2.05) is 42.9 Å². The maximum Gasteiger partial charge on any atom is 0.209 e. The van der Waals surface area contributed by atoms with Crippen molar-refractivity contribution >= 4 is 40.0 Å². The summed E-state index contributed by atoms with van der Waals surface area (Å²) < 4.78 is 27.4. The number of nitrogens with zero attached hydrogens (tertiary/aromatic N) is 3. The van der Waals surface area contributed by atoms with Gasteiger partial charge in [-0.15, -0.1) is 24.0 Å². The normalized spacial score (nSPS) is 12.4. The SMILES string of the molecule is CN=C(NCc1ccccc1Cn1cccn1)NCC(C)(C)NS(C)(=O)=O.I. The van der Waals surface area contributed by atoms with Crippen molar-refractivity contribution < 1.29 is 8.42 Å². The van der Waals surface area contributed by atoms with E-state index in [4.69, 9.17) is 0 Å². The molecule has 0 amide bonds. The van der Waals surface area contributed by atoms with Crippen molar-refractivity contribution in [2.24, 2.45) is 4.99 Å². The van der Waals surface area contributed by atoms with Crippen molar-refractivity contribution in [2.75, 3.05) is 19.8 Å². The Bertz CT molecular complexity index is 866. The molecule has 3 N–H and O–H groups in total. The Morgan fingerprint density at radius 1 is 1.18 bits per heavy atom. The zero-order valence-corrected chi connectivity index (χ0v) is 19.8. The minimum atomic E-state index is -3.28. The molecule has 28 heavy (non-hydrogen) atoms. The van der Waals surface area contributed by atoms with Crippen LogP contribution < -0.4 is 15.4 Å². The molecule has 2 aromatic rings. The van der Waals surface area contributed by atoms with E-state index in [1.54, 1.807) is 13.2 Å². The van der Waals surface area contributed by atoms with Crippen LogP contribution in [-0.4, -0.2) is 49.5 Å². The van der Waals surface area contributed by atoms with Gasteiger partial charge in [-0.25, -0.2) is 13.1 Å². The molecule has 0 saturated heterocycles. The fraction of sp³-hybridized carbons (Fsp3) is 0.444. The fourth-order valence-electron chi connectivity index (χ4n) is 2.69. The Labute approximate surface area is 184 Å². The van der Waals surface area contributed by atoms with Crippen LogP contribution in [0.15, 0.2) is 47.7 Å². The molecule has 0 saturated carbocycles. The van der Waals surface area contributed by atoms with Gasteiger partial charge in [0, 0.05) is 38.1 Å². The second-order valence-corrected chi connectivity index (χ2v) is 8.76. The first-order valence-corrected chi connectivity index (χ1v) is 10.6. The highest BCUT2D eigenvalue weighted by atomic mass is 127. The molecule has 0 bridgehead atoms. The van der Waals surface area contributed by atoms with Crippen molar-refractivity contribution in [3.05, 3.63) is 53.9 Å². The average molecular weight is 520 g/mol. The number of rotatable bonds is 8. The molecule has 0 fully saturated rings. The third kappa shape index (κ3) is 8.57. The number of halogens is 1. The number of sulfonamides is 1. The summed E-state index contributed by atoms with van der Waals surface area (Å²) in [5.41, 5.74) is 1.68. The first-order chi connectivity index (χ1) is 12.7. The molecule has 10 heteroatoms. The molecule has 156 valence electrons. The predicted molar refractivity (Wildman–Crippen MR) is 123 cm³/mol. The van der Waals surface area contributed by atoms with Crippen molar-refractivity contribution in [1.29, 1.82) is 0 Å². The highest BCUT2D eigenvalue weighted by Gasteiger charge is 2.22. The molecule has 0 aliphatic carbocycles. The Morgan fingerprint density at radius 2 is 1.86 bits per heavy atom. The number of guanidine groups is 1. The summed E-state index contributed by atoms with van der Waals surface area (Å²) in [6.07, 6.45) is 4.85. The molecule has 0 unspecified atom stereocenters. The Kier molecular flexibility index (Phi) is 9.37. The Hall–Kier alpha value is -1.66. The van der Waals surface area contributed by atoms with Gasteiger partial charge in [0.05, 0.1) is 12.8 Å². The van der Waals surface area contributed by atoms with Crippen LogP contribution in [-0.2, 0) is 23.1 Å². The second-order valence-electron chi connectivity index (χ2n) is 7.01. The maximum absolute atomic E-state index is 11.4. The average Bonchev–Trinajstić information content (AvgIpc) is 3.07. The molecule has 1 aromatic carbocycles. The van der Waals surface area contributed by atoms with E-state index in [0.29, 0.717) is 25.6 Å². The summed E-state index contributed by atoms with van der Waals surface area (Å²) in [6.45, 7) is 5.31. The number of benzene rings is 1. The van der Waals surface area contributed by atoms with E-state index in [2.05, 4.69) is 37.6 Å². The van der Waals surface area contributed by atoms with Gasteiger partial charge in [-0.05, 0) is 31.0 Å². The van der Waals surface area contributed by atoms with Gasteiger partial charge in [0.2, 0.25) is 10.0 Å². The van der Waals surface area contributed by atoms with Gasteiger partial charge in [0.15, 0.2) is 5.96 Å². The van der Waals surface area contributed by atoms with E-state index in [9.17, 15) is 8.42 Å². The summed E-state index contributed by atoms with van der Waals surface area (Å²) in [6, 6.07) is 10.1. The first kappa shape index (κ1) is 24.4.